The third-order valence-electron chi connectivity index (χ3n) is 0.373. The third kappa shape index (κ3) is 4.65. The van der Waals surface area contributed by atoms with Gasteiger partial charge in [-0.3, -0.25) is 3.53 Å². The first-order valence-corrected chi connectivity index (χ1v) is 2.87. The van der Waals surface area contributed by atoms with Gasteiger partial charge in [0.25, 0.3) is 0 Å². The van der Waals surface area contributed by atoms with Gasteiger partial charge in [-0.05, 0) is 6.92 Å². The summed E-state index contributed by atoms with van der Waals surface area (Å²) in [6.45, 7) is 2.41. The Bertz CT molecular complexity index is 32.0. The highest BCUT2D eigenvalue weighted by Crippen LogP contribution is 1.75. The first-order chi connectivity index (χ1) is 2.77. The minimum absolute atomic E-state index is 0.220. The molecular formula is C3H8INO. The van der Waals surface area contributed by atoms with E-state index >= 15 is 0 Å². The van der Waals surface area contributed by atoms with E-state index in [9.17, 15) is 0 Å². The van der Waals surface area contributed by atoms with Crippen molar-refractivity contribution in [3.05, 3.63) is 0 Å². The molecule has 0 aromatic heterocycles. The molecular weight excluding hydrogens is 193 g/mol. The summed E-state index contributed by atoms with van der Waals surface area (Å²) in [7, 11) is 0. The molecule has 2 N–H and O–H groups in total. The molecule has 1 atom stereocenters. The van der Waals surface area contributed by atoms with Crippen molar-refractivity contribution in [2.45, 2.75) is 13.0 Å². The Morgan fingerprint density at radius 3 is 2.50 bits per heavy atom. The lowest BCUT2D eigenvalue weighted by Crippen LogP contribution is -2.14. The van der Waals surface area contributed by atoms with E-state index in [0.717, 1.165) is 0 Å². The van der Waals surface area contributed by atoms with Crippen LogP contribution in [0.1, 0.15) is 6.92 Å². The number of aliphatic hydroxyl groups is 1. The topological polar surface area (TPSA) is 32.3 Å². The van der Waals surface area contributed by atoms with Crippen molar-refractivity contribution in [2.75, 3.05) is 6.54 Å². The van der Waals surface area contributed by atoms with E-state index in [0.29, 0.717) is 6.54 Å². The molecule has 0 bridgehead atoms. The number of hydrogen-bond donors (Lipinski definition) is 2. The Morgan fingerprint density at radius 2 is 2.50 bits per heavy atom. The van der Waals surface area contributed by atoms with Gasteiger partial charge in [-0.1, -0.05) is 0 Å². The van der Waals surface area contributed by atoms with Crippen LogP contribution in [0.4, 0.5) is 0 Å². The average molecular weight is 201 g/mol. The fourth-order valence-electron chi connectivity index (χ4n) is 0.112. The highest BCUT2D eigenvalue weighted by atomic mass is 127. The van der Waals surface area contributed by atoms with E-state index in [-0.39, 0.29) is 6.10 Å². The predicted octanol–water partition coefficient (Wildman–Crippen LogP) is 0.307. The largest absolute Gasteiger partial charge is 0.392 e. The predicted molar refractivity (Wildman–Crippen MR) is 33.7 cm³/mol. The second kappa shape index (κ2) is 3.83. The number of nitrogens with one attached hydrogen (secondary N) is 1. The maximum absolute atomic E-state index is 8.49. The molecule has 0 aliphatic rings. The van der Waals surface area contributed by atoms with Crippen LogP contribution >= 0.6 is 22.9 Å². The van der Waals surface area contributed by atoms with Gasteiger partial charge in [-0.2, -0.15) is 0 Å². The van der Waals surface area contributed by atoms with Gasteiger partial charge >= 0.3 is 0 Å². The van der Waals surface area contributed by atoms with Gasteiger partial charge in [0.2, 0.25) is 0 Å². The maximum Gasteiger partial charge on any atom is 0.0644 e. The van der Waals surface area contributed by atoms with Crippen LogP contribution in [0.3, 0.4) is 0 Å². The highest BCUT2D eigenvalue weighted by molar-refractivity contribution is 14.1. The Labute approximate surface area is 51.4 Å². The molecule has 0 radical (unpaired) electrons. The Morgan fingerprint density at radius 1 is 2.00 bits per heavy atom. The van der Waals surface area contributed by atoms with Crippen LogP contribution in [-0.4, -0.2) is 17.8 Å². The van der Waals surface area contributed by atoms with E-state index in [2.05, 4.69) is 3.53 Å². The van der Waals surface area contributed by atoms with Gasteiger partial charge in [0.15, 0.2) is 0 Å². The molecule has 0 saturated carbocycles. The number of aliphatic hydroxyl groups excluding tert-OH is 1. The zero-order valence-electron chi connectivity index (χ0n) is 3.61. The lowest BCUT2D eigenvalue weighted by molar-refractivity contribution is 0.201. The first kappa shape index (κ1) is 6.65. The van der Waals surface area contributed by atoms with Crippen LogP contribution in [-0.2, 0) is 0 Å². The van der Waals surface area contributed by atoms with Crippen molar-refractivity contribution in [1.29, 1.82) is 0 Å². The van der Waals surface area contributed by atoms with Crippen LogP contribution in [0.15, 0.2) is 0 Å². The summed E-state index contributed by atoms with van der Waals surface area (Å²) in [5.74, 6) is 0. The molecule has 0 aliphatic heterocycles. The Balaban J connectivity index is 2.63. The van der Waals surface area contributed by atoms with Crippen LogP contribution in [0.25, 0.3) is 0 Å². The minimum Gasteiger partial charge on any atom is -0.392 e. The smallest absolute Gasteiger partial charge is 0.0644 e. The van der Waals surface area contributed by atoms with E-state index < -0.39 is 0 Å². The van der Waals surface area contributed by atoms with Gasteiger partial charge in [-0.15, -0.1) is 0 Å². The van der Waals surface area contributed by atoms with Crippen LogP contribution in [0, 0.1) is 0 Å². The molecule has 0 aromatic carbocycles. The van der Waals surface area contributed by atoms with Crippen molar-refractivity contribution < 1.29 is 5.11 Å². The van der Waals surface area contributed by atoms with Gasteiger partial charge in [0.05, 0.1) is 6.10 Å². The summed E-state index contributed by atoms with van der Waals surface area (Å²) in [5.41, 5.74) is 0. The zero-order chi connectivity index (χ0) is 4.99. The molecule has 6 heavy (non-hydrogen) atoms. The fraction of sp³-hybridized carbons (Fsp3) is 1.00. The Kier molecular flexibility index (Phi) is 4.24. The quantitative estimate of drug-likeness (QED) is 0.497. The summed E-state index contributed by atoms with van der Waals surface area (Å²) in [5, 5.41) is 8.49. The van der Waals surface area contributed by atoms with E-state index in [1.165, 1.54) is 0 Å². The molecule has 0 fully saturated rings. The van der Waals surface area contributed by atoms with Gasteiger partial charge in [-0.25, -0.2) is 0 Å². The number of halogens is 1. The molecule has 38 valence electrons. The van der Waals surface area contributed by atoms with Crippen molar-refractivity contribution in [2.24, 2.45) is 0 Å². The van der Waals surface area contributed by atoms with Gasteiger partial charge in [0, 0.05) is 29.4 Å². The zero-order valence-corrected chi connectivity index (χ0v) is 5.77. The molecule has 0 rings (SSSR count). The molecule has 3 heteroatoms. The molecule has 0 saturated heterocycles. The molecule has 1 unspecified atom stereocenters. The van der Waals surface area contributed by atoms with E-state index in [4.69, 9.17) is 5.11 Å². The summed E-state index contributed by atoms with van der Waals surface area (Å²) < 4.78 is 2.79. The van der Waals surface area contributed by atoms with E-state index in [1.54, 1.807) is 6.92 Å². The van der Waals surface area contributed by atoms with Crippen LogP contribution in [0.2, 0.25) is 0 Å². The van der Waals surface area contributed by atoms with Gasteiger partial charge in [0.1, 0.15) is 0 Å². The molecule has 0 aliphatic carbocycles. The van der Waals surface area contributed by atoms with Gasteiger partial charge < -0.3 is 5.11 Å². The molecule has 0 spiro atoms. The van der Waals surface area contributed by atoms with Crippen molar-refractivity contribution >= 4 is 22.9 Å². The summed E-state index contributed by atoms with van der Waals surface area (Å²) in [4.78, 5) is 0. The second-order valence-electron chi connectivity index (χ2n) is 1.19. The van der Waals surface area contributed by atoms with Crippen molar-refractivity contribution in [1.82, 2.24) is 3.53 Å². The fourth-order valence-corrected chi connectivity index (χ4v) is 0.749. The average Bonchev–Trinajstić information content (AvgIpc) is 1.35. The molecule has 0 aromatic rings. The summed E-state index contributed by atoms with van der Waals surface area (Å²) in [6, 6.07) is 0. The monoisotopic (exact) mass is 201 g/mol. The summed E-state index contributed by atoms with van der Waals surface area (Å²) in [6.07, 6.45) is -0.220. The van der Waals surface area contributed by atoms with Crippen molar-refractivity contribution in [3.63, 3.8) is 0 Å². The SMILES string of the molecule is CC(O)CNI. The lowest BCUT2D eigenvalue weighted by Gasteiger charge is -1.96. The standard InChI is InChI=1S/C3H8INO/c1-3(6)2-5-4/h3,5-6H,2H2,1H3. The Hall–Kier alpha value is 0.650. The number of rotatable bonds is 2. The highest BCUT2D eigenvalue weighted by Gasteiger charge is 1.87. The molecule has 0 amide bonds. The number of hydrogen-bond acceptors (Lipinski definition) is 2. The molecule has 0 heterocycles. The maximum atomic E-state index is 8.49. The second-order valence-corrected chi connectivity index (χ2v) is 1.95. The van der Waals surface area contributed by atoms with Crippen molar-refractivity contribution in [3.8, 4) is 0 Å². The summed E-state index contributed by atoms with van der Waals surface area (Å²) >= 11 is 1.99. The van der Waals surface area contributed by atoms with Crippen LogP contribution < -0.4 is 3.53 Å². The first-order valence-electron chi connectivity index (χ1n) is 1.79. The molecule has 2 nitrogen and oxygen atoms in total. The third-order valence-corrected chi connectivity index (χ3v) is 0.813. The van der Waals surface area contributed by atoms with E-state index in [1.807, 2.05) is 22.9 Å². The van der Waals surface area contributed by atoms with Crippen LogP contribution in [0.5, 0.6) is 0 Å². The normalized spacial score (nSPS) is 14.5. The minimum atomic E-state index is -0.220. The lowest BCUT2D eigenvalue weighted by atomic mass is 10.4.